The smallest absolute Gasteiger partial charge is 0.122 e. The van der Waals surface area contributed by atoms with Gasteiger partial charge in [-0.25, -0.2) is 4.98 Å². The van der Waals surface area contributed by atoms with E-state index in [1.165, 1.54) is 25.7 Å². The molecule has 0 aromatic carbocycles. The molecule has 1 aromatic rings. The topological polar surface area (TPSA) is 29.9 Å². The number of aryl methyl sites for hydroxylation is 1. The first-order chi connectivity index (χ1) is 7.40. The van der Waals surface area contributed by atoms with E-state index in [-0.39, 0.29) is 0 Å². The Bertz CT molecular complexity index is 289. The maximum Gasteiger partial charge on any atom is 0.122 e. The van der Waals surface area contributed by atoms with Crippen molar-refractivity contribution < 1.29 is 0 Å². The first-order valence-electron chi connectivity index (χ1n) is 6.11. The highest BCUT2D eigenvalue weighted by molar-refractivity contribution is 4.91. The van der Waals surface area contributed by atoms with Gasteiger partial charge in [0.05, 0.1) is 6.54 Å². The molecule has 1 saturated carbocycles. The summed E-state index contributed by atoms with van der Waals surface area (Å²) in [5, 5.41) is 3.46. The van der Waals surface area contributed by atoms with Crippen LogP contribution in [0.4, 0.5) is 0 Å². The third-order valence-electron chi connectivity index (χ3n) is 3.09. The number of rotatable bonds is 7. The van der Waals surface area contributed by atoms with Crippen LogP contribution in [0.1, 0.15) is 38.4 Å². The van der Waals surface area contributed by atoms with E-state index in [4.69, 9.17) is 0 Å². The van der Waals surface area contributed by atoms with Gasteiger partial charge >= 0.3 is 0 Å². The van der Waals surface area contributed by atoms with Gasteiger partial charge < -0.3 is 9.88 Å². The predicted molar refractivity (Wildman–Crippen MR) is 61.6 cm³/mol. The zero-order valence-corrected chi connectivity index (χ0v) is 9.58. The zero-order chi connectivity index (χ0) is 10.5. The second-order valence-corrected chi connectivity index (χ2v) is 4.39. The first-order valence-corrected chi connectivity index (χ1v) is 6.11. The minimum atomic E-state index is 0.908. The minimum Gasteiger partial charge on any atom is -0.334 e. The Hall–Kier alpha value is -0.830. The van der Waals surface area contributed by atoms with Crippen molar-refractivity contribution >= 4 is 0 Å². The molecule has 0 unspecified atom stereocenters. The van der Waals surface area contributed by atoms with Gasteiger partial charge in [0.2, 0.25) is 0 Å². The monoisotopic (exact) mass is 207 g/mol. The van der Waals surface area contributed by atoms with Gasteiger partial charge in [0.25, 0.3) is 0 Å². The normalized spacial score (nSPS) is 15.8. The van der Waals surface area contributed by atoms with Gasteiger partial charge in [-0.3, -0.25) is 0 Å². The number of nitrogens with one attached hydrogen (secondary N) is 1. The van der Waals surface area contributed by atoms with Crippen LogP contribution in [0.3, 0.4) is 0 Å². The molecule has 1 N–H and O–H groups in total. The van der Waals surface area contributed by atoms with Crippen LogP contribution in [-0.4, -0.2) is 16.1 Å². The molecule has 15 heavy (non-hydrogen) atoms. The van der Waals surface area contributed by atoms with E-state index in [2.05, 4.69) is 21.8 Å². The second kappa shape index (κ2) is 5.31. The van der Waals surface area contributed by atoms with E-state index in [1.807, 2.05) is 12.4 Å². The summed E-state index contributed by atoms with van der Waals surface area (Å²) in [6.45, 7) is 5.20. The van der Waals surface area contributed by atoms with Crippen LogP contribution in [0.15, 0.2) is 12.4 Å². The molecule has 3 heteroatoms. The molecule has 1 fully saturated rings. The van der Waals surface area contributed by atoms with Gasteiger partial charge in [-0.2, -0.15) is 0 Å². The molecule has 1 aliphatic carbocycles. The molecule has 3 nitrogen and oxygen atoms in total. The molecule has 0 aliphatic heterocycles. The van der Waals surface area contributed by atoms with Gasteiger partial charge in [0.1, 0.15) is 5.82 Å². The summed E-state index contributed by atoms with van der Waals surface area (Å²) in [5.74, 6) is 2.22. The Balaban J connectivity index is 1.59. The Morgan fingerprint density at radius 3 is 3.13 bits per heavy atom. The Morgan fingerprint density at radius 2 is 2.40 bits per heavy atom. The van der Waals surface area contributed by atoms with Crippen LogP contribution in [0.25, 0.3) is 0 Å². The summed E-state index contributed by atoms with van der Waals surface area (Å²) in [7, 11) is 0. The van der Waals surface area contributed by atoms with Gasteiger partial charge in [-0.1, -0.05) is 12.8 Å². The summed E-state index contributed by atoms with van der Waals surface area (Å²) in [5.41, 5.74) is 0. The van der Waals surface area contributed by atoms with Crippen molar-refractivity contribution in [1.29, 1.82) is 0 Å². The first kappa shape index (κ1) is 10.7. The maximum atomic E-state index is 4.33. The highest BCUT2D eigenvalue weighted by Crippen LogP contribution is 2.33. The summed E-state index contributed by atoms with van der Waals surface area (Å²) in [6, 6.07) is 0. The van der Waals surface area contributed by atoms with Crippen molar-refractivity contribution in [3.05, 3.63) is 18.2 Å². The number of aromatic nitrogens is 2. The second-order valence-electron chi connectivity index (χ2n) is 4.39. The van der Waals surface area contributed by atoms with E-state index in [1.54, 1.807) is 0 Å². The van der Waals surface area contributed by atoms with E-state index in [0.717, 1.165) is 31.4 Å². The summed E-state index contributed by atoms with van der Waals surface area (Å²) in [6.07, 6.45) is 9.60. The molecule has 1 heterocycles. The molecule has 0 spiro atoms. The third kappa shape index (κ3) is 3.34. The van der Waals surface area contributed by atoms with E-state index >= 15 is 0 Å². The van der Waals surface area contributed by atoms with Gasteiger partial charge in [-0.05, 0) is 32.2 Å². The molecule has 1 aliphatic rings. The van der Waals surface area contributed by atoms with Crippen molar-refractivity contribution in [2.45, 2.75) is 45.7 Å². The SMILES string of the molecule is CCn1ccnc1CNCCCC1CC1. The zero-order valence-electron chi connectivity index (χ0n) is 9.58. The Kier molecular flexibility index (Phi) is 3.78. The van der Waals surface area contributed by atoms with E-state index < -0.39 is 0 Å². The van der Waals surface area contributed by atoms with Crippen molar-refractivity contribution in [2.75, 3.05) is 6.54 Å². The number of imidazole rings is 1. The lowest BCUT2D eigenvalue weighted by Crippen LogP contribution is -2.18. The average Bonchev–Trinajstić information content (AvgIpc) is 2.96. The maximum absolute atomic E-state index is 4.33. The van der Waals surface area contributed by atoms with Gasteiger partial charge in [0.15, 0.2) is 0 Å². The molecule has 84 valence electrons. The van der Waals surface area contributed by atoms with Gasteiger partial charge in [0, 0.05) is 18.9 Å². The molecular weight excluding hydrogens is 186 g/mol. The van der Waals surface area contributed by atoms with Crippen molar-refractivity contribution in [3.63, 3.8) is 0 Å². The van der Waals surface area contributed by atoms with E-state index in [9.17, 15) is 0 Å². The molecule has 0 saturated heterocycles. The van der Waals surface area contributed by atoms with Crippen LogP contribution in [0, 0.1) is 5.92 Å². The third-order valence-corrected chi connectivity index (χ3v) is 3.09. The standard InChI is InChI=1S/C12H21N3/c1-2-15-9-8-14-12(15)10-13-7-3-4-11-5-6-11/h8-9,11,13H,2-7,10H2,1H3. The summed E-state index contributed by atoms with van der Waals surface area (Å²) >= 11 is 0. The fraction of sp³-hybridized carbons (Fsp3) is 0.750. The molecule has 2 rings (SSSR count). The van der Waals surface area contributed by atoms with Gasteiger partial charge in [-0.15, -0.1) is 0 Å². The number of nitrogens with zero attached hydrogens (tertiary/aromatic N) is 2. The molecule has 0 bridgehead atoms. The lowest BCUT2D eigenvalue weighted by atomic mass is 10.2. The summed E-state index contributed by atoms with van der Waals surface area (Å²) < 4.78 is 2.19. The lowest BCUT2D eigenvalue weighted by molar-refractivity contribution is 0.567. The minimum absolute atomic E-state index is 0.908. The molecule has 1 aromatic heterocycles. The van der Waals surface area contributed by atoms with Crippen LogP contribution < -0.4 is 5.32 Å². The molecule has 0 atom stereocenters. The van der Waals surface area contributed by atoms with Crippen LogP contribution in [0.5, 0.6) is 0 Å². The predicted octanol–water partition coefficient (Wildman–Crippen LogP) is 2.18. The van der Waals surface area contributed by atoms with Crippen LogP contribution in [-0.2, 0) is 13.1 Å². The molecular formula is C12H21N3. The lowest BCUT2D eigenvalue weighted by Gasteiger charge is -2.06. The fourth-order valence-electron chi connectivity index (χ4n) is 1.92. The van der Waals surface area contributed by atoms with Crippen molar-refractivity contribution in [2.24, 2.45) is 5.92 Å². The largest absolute Gasteiger partial charge is 0.334 e. The Labute approximate surface area is 91.9 Å². The fourth-order valence-corrected chi connectivity index (χ4v) is 1.92. The quantitative estimate of drug-likeness (QED) is 0.695. The van der Waals surface area contributed by atoms with Crippen molar-refractivity contribution in [1.82, 2.24) is 14.9 Å². The van der Waals surface area contributed by atoms with Crippen LogP contribution in [0.2, 0.25) is 0 Å². The van der Waals surface area contributed by atoms with Crippen molar-refractivity contribution in [3.8, 4) is 0 Å². The molecule has 0 amide bonds. The van der Waals surface area contributed by atoms with Crippen LogP contribution >= 0.6 is 0 Å². The summed E-state index contributed by atoms with van der Waals surface area (Å²) in [4.78, 5) is 4.33. The number of hydrogen-bond donors (Lipinski definition) is 1. The Morgan fingerprint density at radius 1 is 1.53 bits per heavy atom. The highest BCUT2D eigenvalue weighted by Gasteiger charge is 2.19. The number of hydrogen-bond acceptors (Lipinski definition) is 2. The van der Waals surface area contributed by atoms with E-state index in [0.29, 0.717) is 0 Å². The average molecular weight is 207 g/mol. The molecule has 0 radical (unpaired) electrons. The highest BCUT2D eigenvalue weighted by atomic mass is 15.1.